The van der Waals surface area contributed by atoms with Gasteiger partial charge < -0.3 is 4.74 Å². The van der Waals surface area contributed by atoms with Crippen LogP contribution < -0.4 is 10.2 Å². The van der Waals surface area contributed by atoms with Gasteiger partial charge in [0.2, 0.25) is 0 Å². The summed E-state index contributed by atoms with van der Waals surface area (Å²) in [6, 6.07) is 13.0. The molecule has 4 nitrogen and oxygen atoms in total. The molecule has 0 fully saturated rings. The highest BCUT2D eigenvalue weighted by atomic mass is 79.9. The molecule has 0 unspecified atom stereocenters. The smallest absolute Gasteiger partial charge is 0.277 e. The van der Waals surface area contributed by atoms with Crippen molar-refractivity contribution in [1.82, 2.24) is 5.43 Å². The average Bonchev–Trinajstić information content (AvgIpc) is 2.53. The summed E-state index contributed by atoms with van der Waals surface area (Å²) in [5, 5.41) is 4.48. The predicted octanol–water partition coefficient (Wildman–Crippen LogP) is 4.19. The molecule has 23 heavy (non-hydrogen) atoms. The molecule has 6 heteroatoms. The Hall–Kier alpha value is -1.85. The molecule has 1 amide bonds. The van der Waals surface area contributed by atoms with E-state index in [9.17, 15) is 4.79 Å². The molecule has 1 N–H and O–H groups in total. The van der Waals surface area contributed by atoms with Gasteiger partial charge in [-0.1, -0.05) is 36.7 Å². The molecule has 0 spiro atoms. The number of ether oxygens (including phenoxy) is 1. The first-order chi connectivity index (χ1) is 11.1. The lowest BCUT2D eigenvalue weighted by atomic mass is 10.2. The minimum atomic E-state index is -0.338. The number of hydrazone groups is 1. The zero-order chi connectivity index (χ0) is 16.7. The minimum Gasteiger partial charge on any atom is -0.483 e. The Morgan fingerprint density at radius 2 is 2.17 bits per heavy atom. The molecule has 2 rings (SSSR count). The third-order valence-corrected chi connectivity index (χ3v) is 3.87. The summed E-state index contributed by atoms with van der Waals surface area (Å²) in [5.41, 5.74) is 4.41. The molecule has 120 valence electrons. The maximum absolute atomic E-state index is 11.7. The number of aryl methyl sites for hydroxylation is 1. The zero-order valence-electron chi connectivity index (χ0n) is 12.6. The van der Waals surface area contributed by atoms with Crippen LogP contribution in [-0.2, 0) is 11.2 Å². The molecule has 0 aliphatic rings. The summed E-state index contributed by atoms with van der Waals surface area (Å²) in [4.78, 5) is 11.7. The summed E-state index contributed by atoms with van der Waals surface area (Å²) in [6.45, 7) is 1.96. The third kappa shape index (κ3) is 5.69. The van der Waals surface area contributed by atoms with Crippen LogP contribution in [0.3, 0.4) is 0 Å². The van der Waals surface area contributed by atoms with E-state index >= 15 is 0 Å². The van der Waals surface area contributed by atoms with Crippen LogP contribution in [0.15, 0.2) is 52.0 Å². The Morgan fingerprint density at radius 3 is 2.87 bits per heavy atom. The third-order valence-electron chi connectivity index (χ3n) is 3.01. The van der Waals surface area contributed by atoms with Crippen molar-refractivity contribution < 1.29 is 9.53 Å². The van der Waals surface area contributed by atoms with E-state index in [1.54, 1.807) is 12.1 Å². The van der Waals surface area contributed by atoms with Gasteiger partial charge in [0, 0.05) is 5.02 Å². The lowest BCUT2D eigenvalue weighted by Crippen LogP contribution is -2.24. The number of hydrogen-bond acceptors (Lipinski definition) is 3. The Balaban J connectivity index is 1.83. The van der Waals surface area contributed by atoms with Gasteiger partial charge in [0.05, 0.1) is 10.7 Å². The lowest BCUT2D eigenvalue weighted by molar-refractivity contribution is -0.123. The fraction of sp³-hybridized carbons (Fsp3) is 0.176. The van der Waals surface area contributed by atoms with Crippen molar-refractivity contribution in [2.24, 2.45) is 5.10 Å². The highest BCUT2D eigenvalue weighted by Crippen LogP contribution is 2.26. The molecule has 0 saturated carbocycles. The first kappa shape index (κ1) is 17.5. The van der Waals surface area contributed by atoms with Crippen molar-refractivity contribution in [2.75, 3.05) is 6.61 Å². The van der Waals surface area contributed by atoms with Gasteiger partial charge in [0.1, 0.15) is 5.75 Å². The van der Waals surface area contributed by atoms with Gasteiger partial charge >= 0.3 is 0 Å². The molecule has 0 heterocycles. The number of hydrogen-bond donors (Lipinski definition) is 1. The number of benzene rings is 2. The first-order valence-corrected chi connectivity index (χ1v) is 8.24. The van der Waals surface area contributed by atoms with Crippen LogP contribution in [0, 0.1) is 0 Å². The van der Waals surface area contributed by atoms with Crippen molar-refractivity contribution in [3.63, 3.8) is 0 Å². The number of rotatable bonds is 6. The van der Waals surface area contributed by atoms with Crippen LogP contribution in [0.2, 0.25) is 5.02 Å². The van der Waals surface area contributed by atoms with E-state index in [1.807, 2.05) is 30.3 Å². The highest BCUT2D eigenvalue weighted by Gasteiger charge is 2.05. The predicted molar refractivity (Wildman–Crippen MR) is 96.2 cm³/mol. The molecule has 0 aliphatic carbocycles. The van der Waals surface area contributed by atoms with E-state index in [2.05, 4.69) is 33.4 Å². The summed E-state index contributed by atoms with van der Waals surface area (Å²) in [6.07, 6.45) is 2.47. The molecule has 2 aromatic carbocycles. The van der Waals surface area contributed by atoms with Gasteiger partial charge in [-0.2, -0.15) is 5.10 Å². The molecular weight excluding hydrogens is 380 g/mol. The fourth-order valence-electron chi connectivity index (χ4n) is 1.82. The van der Waals surface area contributed by atoms with E-state index in [1.165, 1.54) is 11.8 Å². The standard InChI is InChI=1S/C17H16BrClN2O2/c1-2-12-6-7-16(15(18)9-12)23-11-17(22)21-20-10-13-4-3-5-14(19)8-13/h3-10H,2,11H2,1H3,(H,21,22). The summed E-state index contributed by atoms with van der Waals surface area (Å²) < 4.78 is 6.29. The second-order valence-electron chi connectivity index (χ2n) is 4.76. The average molecular weight is 396 g/mol. The van der Waals surface area contributed by atoms with Gasteiger partial charge in [0.15, 0.2) is 6.61 Å². The quantitative estimate of drug-likeness (QED) is 0.589. The number of carbonyl (C=O) groups excluding carboxylic acids is 1. The second-order valence-corrected chi connectivity index (χ2v) is 6.05. The normalized spacial score (nSPS) is 10.7. The molecule has 2 aromatic rings. The molecule has 0 aromatic heterocycles. The Morgan fingerprint density at radius 1 is 1.35 bits per heavy atom. The van der Waals surface area contributed by atoms with Gasteiger partial charge in [0.25, 0.3) is 5.91 Å². The van der Waals surface area contributed by atoms with Crippen LogP contribution in [0.5, 0.6) is 5.75 Å². The topological polar surface area (TPSA) is 50.7 Å². The molecule has 0 saturated heterocycles. The van der Waals surface area contributed by atoms with E-state index in [-0.39, 0.29) is 12.5 Å². The monoisotopic (exact) mass is 394 g/mol. The Kier molecular flexibility index (Phi) is 6.62. The zero-order valence-corrected chi connectivity index (χ0v) is 14.9. The van der Waals surface area contributed by atoms with Crippen LogP contribution in [-0.4, -0.2) is 18.7 Å². The van der Waals surface area contributed by atoms with Gasteiger partial charge in [-0.25, -0.2) is 5.43 Å². The lowest BCUT2D eigenvalue weighted by Gasteiger charge is -2.08. The summed E-state index contributed by atoms with van der Waals surface area (Å²) >= 11 is 9.30. The molecular formula is C17H16BrClN2O2. The fourth-order valence-corrected chi connectivity index (χ4v) is 2.56. The maximum Gasteiger partial charge on any atom is 0.277 e. The number of nitrogens with one attached hydrogen (secondary N) is 1. The second kappa shape index (κ2) is 8.70. The van der Waals surface area contributed by atoms with Gasteiger partial charge in [-0.3, -0.25) is 4.79 Å². The molecule has 0 atom stereocenters. The minimum absolute atomic E-state index is 0.114. The van der Waals surface area contributed by atoms with Crippen molar-refractivity contribution in [3.05, 3.63) is 63.1 Å². The SMILES string of the molecule is CCc1ccc(OCC(=O)NN=Cc2cccc(Cl)c2)c(Br)c1. The highest BCUT2D eigenvalue weighted by molar-refractivity contribution is 9.10. The number of halogens is 2. The number of nitrogens with zero attached hydrogens (tertiary/aromatic N) is 1. The van der Waals surface area contributed by atoms with Crippen molar-refractivity contribution in [2.45, 2.75) is 13.3 Å². The van der Waals surface area contributed by atoms with Crippen LogP contribution in [0.4, 0.5) is 0 Å². The largest absolute Gasteiger partial charge is 0.483 e. The number of carbonyl (C=O) groups is 1. The van der Waals surface area contributed by atoms with E-state index in [4.69, 9.17) is 16.3 Å². The van der Waals surface area contributed by atoms with Crippen molar-refractivity contribution >= 4 is 39.7 Å². The van der Waals surface area contributed by atoms with E-state index in [0.717, 1.165) is 16.5 Å². The molecule has 0 bridgehead atoms. The first-order valence-electron chi connectivity index (χ1n) is 7.07. The summed E-state index contributed by atoms with van der Waals surface area (Å²) in [7, 11) is 0. The van der Waals surface area contributed by atoms with Crippen molar-refractivity contribution in [3.8, 4) is 5.75 Å². The van der Waals surface area contributed by atoms with Crippen LogP contribution in [0.25, 0.3) is 0 Å². The Bertz CT molecular complexity index is 719. The molecule has 0 radical (unpaired) electrons. The molecule has 0 aliphatic heterocycles. The van der Waals surface area contributed by atoms with E-state index < -0.39 is 0 Å². The van der Waals surface area contributed by atoms with Gasteiger partial charge in [-0.15, -0.1) is 0 Å². The number of amides is 1. The summed E-state index contributed by atoms with van der Waals surface area (Å²) in [5.74, 6) is 0.283. The Labute approximate surface area is 148 Å². The van der Waals surface area contributed by atoms with Crippen LogP contribution in [0.1, 0.15) is 18.1 Å². The van der Waals surface area contributed by atoms with Crippen molar-refractivity contribution in [1.29, 1.82) is 0 Å². The van der Waals surface area contributed by atoms with E-state index in [0.29, 0.717) is 10.8 Å². The maximum atomic E-state index is 11.7. The van der Waals surface area contributed by atoms with Crippen LogP contribution >= 0.6 is 27.5 Å². The van der Waals surface area contributed by atoms with Gasteiger partial charge in [-0.05, 0) is 57.7 Å².